The van der Waals surface area contributed by atoms with Crippen molar-refractivity contribution in [2.75, 3.05) is 36.2 Å². The van der Waals surface area contributed by atoms with Crippen molar-refractivity contribution < 1.29 is 27.1 Å². The van der Waals surface area contributed by atoms with Gasteiger partial charge in [-0.05, 0) is 65.7 Å². The van der Waals surface area contributed by atoms with Gasteiger partial charge in [0.05, 0.1) is 12.4 Å². The van der Waals surface area contributed by atoms with Gasteiger partial charge < -0.3 is 19.7 Å². The van der Waals surface area contributed by atoms with Crippen molar-refractivity contribution in [1.82, 2.24) is 24.1 Å². The molecule has 14 heteroatoms. The lowest BCUT2D eigenvalue weighted by molar-refractivity contribution is -0.0404. The molecule has 2 aromatic rings. The molecule has 226 valence electrons. The molecule has 3 fully saturated rings. The third-order valence-electron chi connectivity index (χ3n) is 8.34. The summed E-state index contributed by atoms with van der Waals surface area (Å²) in [5.41, 5.74) is 0.376. The maximum absolute atomic E-state index is 15.6. The van der Waals surface area contributed by atoms with Gasteiger partial charge in [-0.15, -0.1) is 0 Å². The van der Waals surface area contributed by atoms with Crippen LogP contribution in [0.3, 0.4) is 0 Å². The second kappa shape index (κ2) is 12.2. The molecule has 5 rings (SSSR count). The Balaban J connectivity index is 1.44. The molecule has 12 nitrogen and oxygen atoms in total. The number of rotatable bonds is 9. The molecule has 5 heterocycles. The Bertz CT molecular complexity index is 1350. The summed E-state index contributed by atoms with van der Waals surface area (Å²) >= 11 is 0. The highest BCUT2D eigenvalue weighted by atomic mass is 32.2. The van der Waals surface area contributed by atoms with E-state index in [9.17, 15) is 13.2 Å². The van der Waals surface area contributed by atoms with Crippen molar-refractivity contribution in [3.63, 3.8) is 0 Å². The molecular formula is C27H40FN7O5S. The first-order valence-electron chi connectivity index (χ1n) is 14.6. The van der Waals surface area contributed by atoms with E-state index in [0.717, 1.165) is 44.2 Å². The number of carbonyl (C=O) groups is 1. The number of nitrogens with one attached hydrogen (secondary N) is 1. The molecule has 4 atom stereocenters. The number of hydrogen-bond donors (Lipinski definition) is 1. The number of ether oxygens (including phenoxy) is 2. The molecule has 3 saturated heterocycles. The minimum absolute atomic E-state index is 0.0644. The van der Waals surface area contributed by atoms with Crippen LogP contribution in [0.5, 0.6) is 0 Å². The van der Waals surface area contributed by atoms with Crippen LogP contribution in [0.2, 0.25) is 0 Å². The van der Waals surface area contributed by atoms with Crippen LogP contribution in [0.25, 0.3) is 0 Å². The largest absolute Gasteiger partial charge is 0.461 e. The Morgan fingerprint density at radius 1 is 1.17 bits per heavy atom. The van der Waals surface area contributed by atoms with Gasteiger partial charge in [0.25, 0.3) is 0 Å². The molecule has 0 saturated carbocycles. The van der Waals surface area contributed by atoms with Crippen molar-refractivity contribution in [2.45, 2.75) is 96.5 Å². The van der Waals surface area contributed by atoms with E-state index in [-0.39, 0.29) is 48.5 Å². The first-order chi connectivity index (χ1) is 19.6. The van der Waals surface area contributed by atoms with E-state index in [1.165, 1.54) is 0 Å². The van der Waals surface area contributed by atoms with Crippen LogP contribution < -0.4 is 10.2 Å². The van der Waals surface area contributed by atoms with Crippen LogP contribution in [0.4, 0.5) is 22.0 Å². The van der Waals surface area contributed by atoms with Crippen molar-refractivity contribution in [3.8, 4) is 0 Å². The number of piperidine rings is 2. The van der Waals surface area contributed by atoms with Crippen LogP contribution >= 0.6 is 0 Å². The van der Waals surface area contributed by atoms with Gasteiger partial charge in [-0.3, -0.25) is 0 Å². The molecule has 1 N–H and O–H groups in total. The van der Waals surface area contributed by atoms with Gasteiger partial charge in [-0.2, -0.15) is 14.4 Å². The smallest absolute Gasteiger partial charge is 0.360 e. The summed E-state index contributed by atoms with van der Waals surface area (Å²) in [7, 11) is -1.53. The van der Waals surface area contributed by atoms with Crippen molar-refractivity contribution in [2.24, 2.45) is 0 Å². The number of hydrogen-bond acceptors (Lipinski definition) is 10. The van der Waals surface area contributed by atoms with Gasteiger partial charge in [-0.25, -0.2) is 27.3 Å². The Hall–Kier alpha value is -2.84. The van der Waals surface area contributed by atoms with E-state index >= 15 is 4.39 Å². The number of sulfonamides is 1. The van der Waals surface area contributed by atoms with Gasteiger partial charge >= 0.3 is 5.97 Å². The molecule has 41 heavy (non-hydrogen) atoms. The average molecular weight is 594 g/mol. The zero-order valence-corrected chi connectivity index (χ0v) is 25.0. The molecule has 0 aromatic carbocycles. The maximum atomic E-state index is 15.6. The normalized spacial score (nSPS) is 25.1. The van der Waals surface area contributed by atoms with E-state index in [1.807, 2.05) is 11.8 Å². The lowest BCUT2D eigenvalue weighted by Crippen LogP contribution is -2.58. The predicted octanol–water partition coefficient (Wildman–Crippen LogP) is 3.91. The monoisotopic (exact) mass is 593 g/mol. The highest BCUT2D eigenvalue weighted by molar-refractivity contribution is 7.89. The maximum Gasteiger partial charge on any atom is 0.360 e. The number of esters is 1. The molecule has 3 aliphatic heterocycles. The van der Waals surface area contributed by atoms with Crippen LogP contribution in [0.15, 0.2) is 6.07 Å². The van der Waals surface area contributed by atoms with Gasteiger partial charge in [0.2, 0.25) is 16.0 Å². The van der Waals surface area contributed by atoms with Gasteiger partial charge in [0, 0.05) is 43.5 Å². The van der Waals surface area contributed by atoms with Gasteiger partial charge in [0.1, 0.15) is 0 Å². The Kier molecular flexibility index (Phi) is 8.81. The zero-order valence-electron chi connectivity index (χ0n) is 24.2. The highest BCUT2D eigenvalue weighted by Gasteiger charge is 2.45. The number of carbonyl (C=O) groups excluding carboxylic acids is 1. The van der Waals surface area contributed by atoms with E-state index in [2.05, 4.69) is 20.4 Å². The van der Waals surface area contributed by atoms with Crippen LogP contribution in [0.1, 0.15) is 87.6 Å². The number of nitrogens with zero attached hydrogens (tertiary/aromatic N) is 6. The molecule has 2 bridgehead atoms. The fourth-order valence-corrected chi connectivity index (χ4v) is 7.87. The molecule has 2 aromatic heterocycles. The molecule has 3 aliphatic rings. The van der Waals surface area contributed by atoms with Crippen molar-refractivity contribution in [3.05, 3.63) is 23.3 Å². The fourth-order valence-electron chi connectivity index (χ4n) is 6.28. The third kappa shape index (κ3) is 6.05. The second-order valence-corrected chi connectivity index (χ2v) is 13.2. The lowest BCUT2D eigenvalue weighted by Gasteiger charge is -2.49. The van der Waals surface area contributed by atoms with Crippen LogP contribution in [-0.4, -0.2) is 82.6 Å². The average Bonchev–Trinajstić information content (AvgIpc) is 3.33. The van der Waals surface area contributed by atoms with Crippen molar-refractivity contribution in [1.29, 1.82) is 0 Å². The second-order valence-electron chi connectivity index (χ2n) is 11.0. The summed E-state index contributed by atoms with van der Waals surface area (Å²) in [6, 6.07) is 1.46. The number of halogens is 1. The molecule has 1 unspecified atom stereocenters. The number of aromatic nitrogens is 4. The number of aryl methyl sites for hydroxylation is 1. The zero-order chi connectivity index (χ0) is 29.3. The molecule has 0 spiro atoms. The van der Waals surface area contributed by atoms with Gasteiger partial charge in [0.15, 0.2) is 29.4 Å². The molecule has 0 amide bonds. The van der Waals surface area contributed by atoms with Crippen LogP contribution in [0, 0.1) is 12.7 Å². The van der Waals surface area contributed by atoms with Crippen molar-refractivity contribution >= 4 is 33.6 Å². The third-order valence-corrected chi connectivity index (χ3v) is 10.3. The van der Waals surface area contributed by atoms with Crippen LogP contribution in [-0.2, 0) is 19.5 Å². The summed E-state index contributed by atoms with van der Waals surface area (Å²) in [6.45, 7) is 5.94. The summed E-state index contributed by atoms with van der Waals surface area (Å²) < 4.78 is 55.8. The Labute approximate surface area is 240 Å². The first-order valence-corrected chi connectivity index (χ1v) is 16.2. The summed E-state index contributed by atoms with van der Waals surface area (Å²) in [5.74, 6) is -1.42. The number of fused-ring (bicyclic) bond motifs is 2. The minimum Gasteiger partial charge on any atom is -0.461 e. The Morgan fingerprint density at radius 3 is 2.54 bits per heavy atom. The molecular weight excluding hydrogens is 553 g/mol. The lowest BCUT2D eigenvalue weighted by atomic mass is 9.83. The number of anilines is 3. The van der Waals surface area contributed by atoms with E-state index < -0.39 is 27.5 Å². The summed E-state index contributed by atoms with van der Waals surface area (Å²) in [4.78, 5) is 23.3. The fraction of sp³-hybridized carbons (Fsp3) is 0.704. The van der Waals surface area contributed by atoms with Gasteiger partial charge in [-0.1, -0.05) is 6.42 Å². The minimum atomic E-state index is -3.33. The van der Waals surface area contributed by atoms with E-state index in [0.29, 0.717) is 25.3 Å². The predicted molar refractivity (Wildman–Crippen MR) is 151 cm³/mol. The summed E-state index contributed by atoms with van der Waals surface area (Å²) in [6.07, 6.45) is 6.45. The van der Waals surface area contributed by atoms with E-state index in [4.69, 9.17) is 9.47 Å². The van der Waals surface area contributed by atoms with E-state index in [1.54, 1.807) is 35.9 Å². The standard InChI is InChI=1S/C27H40FN7O5S/c1-5-39-26(36)24-23(28)25(29-21-14-17(3)34(32-21)22-12-7-8-13-40-22)31-27(30-24)33(4)20-15-18-10-9-11-19(16-20)35(18)41(37,38)6-2/h14,18-20,22H,5-13,15-16H2,1-4H3,(H,29,30,31,32)/t18-,19+,20-,22?. The first kappa shape index (κ1) is 29.6. The SMILES string of the molecule is CCOC(=O)c1nc(N(C)[C@@H]2C[C@H]3CCC[C@@H](C2)N3S(=O)(=O)CC)nc(Nc2cc(C)n(C3CCCCO3)n2)c1F. The highest BCUT2D eigenvalue weighted by Crippen LogP contribution is 2.39. The molecule has 0 aliphatic carbocycles. The quantitative estimate of drug-likeness (QED) is 0.427. The molecule has 0 radical (unpaired) electrons. The topological polar surface area (TPSA) is 132 Å². The Morgan fingerprint density at radius 2 is 1.90 bits per heavy atom. The summed E-state index contributed by atoms with van der Waals surface area (Å²) in [5, 5.41) is 7.53.